The van der Waals surface area contributed by atoms with E-state index >= 15 is 0 Å². The maximum absolute atomic E-state index is 13.3. The summed E-state index contributed by atoms with van der Waals surface area (Å²) in [5.41, 5.74) is -0.331. The standard InChI is InChI=1S/C22H23N3O3/c1-5-22(3,4)28-21(27)25(19-12-13-23-15(2)24-19)20(26)18-11-10-16-8-6-7-9-17(16)14-18/h6-14H,5H2,1-4H3. The smallest absolute Gasteiger partial charge is 0.423 e. The quantitative estimate of drug-likeness (QED) is 0.646. The summed E-state index contributed by atoms with van der Waals surface area (Å²) >= 11 is 0. The van der Waals surface area contributed by atoms with Crippen LogP contribution in [0.3, 0.4) is 0 Å². The third-order valence-corrected chi connectivity index (χ3v) is 4.59. The number of benzene rings is 2. The second-order valence-corrected chi connectivity index (χ2v) is 7.15. The number of hydrogen-bond donors (Lipinski definition) is 0. The highest BCUT2D eigenvalue weighted by molar-refractivity contribution is 6.19. The molecule has 0 fully saturated rings. The fourth-order valence-electron chi connectivity index (χ4n) is 2.65. The highest BCUT2D eigenvalue weighted by Crippen LogP contribution is 2.23. The zero-order chi connectivity index (χ0) is 20.3. The third kappa shape index (κ3) is 4.17. The van der Waals surface area contributed by atoms with Gasteiger partial charge in [0.2, 0.25) is 0 Å². The van der Waals surface area contributed by atoms with Crippen molar-refractivity contribution in [3.05, 3.63) is 66.1 Å². The van der Waals surface area contributed by atoms with E-state index in [4.69, 9.17) is 4.74 Å². The van der Waals surface area contributed by atoms with Crippen LogP contribution in [0.25, 0.3) is 10.8 Å². The normalized spacial score (nSPS) is 11.3. The molecule has 1 heterocycles. The number of anilines is 1. The Hall–Kier alpha value is -3.28. The monoisotopic (exact) mass is 377 g/mol. The van der Waals surface area contributed by atoms with Gasteiger partial charge in [0.1, 0.15) is 17.2 Å². The second-order valence-electron chi connectivity index (χ2n) is 7.15. The highest BCUT2D eigenvalue weighted by atomic mass is 16.6. The van der Waals surface area contributed by atoms with Gasteiger partial charge in [-0.1, -0.05) is 37.3 Å². The Morgan fingerprint density at radius 3 is 2.46 bits per heavy atom. The molecule has 144 valence electrons. The summed E-state index contributed by atoms with van der Waals surface area (Å²) in [6, 6.07) is 14.6. The first-order valence-electron chi connectivity index (χ1n) is 9.16. The molecule has 2 amide bonds. The number of fused-ring (bicyclic) bond motifs is 1. The van der Waals surface area contributed by atoms with Crippen molar-refractivity contribution in [3.63, 3.8) is 0 Å². The van der Waals surface area contributed by atoms with Crippen molar-refractivity contribution < 1.29 is 14.3 Å². The molecule has 0 radical (unpaired) electrons. The van der Waals surface area contributed by atoms with Gasteiger partial charge in [-0.2, -0.15) is 4.90 Å². The molecule has 0 unspecified atom stereocenters. The predicted octanol–water partition coefficient (Wildman–Crippen LogP) is 4.91. The number of hydrogen-bond acceptors (Lipinski definition) is 5. The van der Waals surface area contributed by atoms with E-state index in [1.807, 2.05) is 37.3 Å². The number of nitrogens with zero attached hydrogens (tertiary/aromatic N) is 3. The molecule has 0 aliphatic carbocycles. The Balaban J connectivity index is 2.03. The number of imide groups is 1. The number of aromatic nitrogens is 2. The molecule has 3 aromatic rings. The van der Waals surface area contributed by atoms with Crippen LogP contribution < -0.4 is 4.90 Å². The SMILES string of the molecule is CCC(C)(C)OC(=O)N(C(=O)c1ccc2ccccc2c1)c1ccnc(C)n1. The first-order chi connectivity index (χ1) is 13.3. The van der Waals surface area contributed by atoms with Crippen LogP contribution in [0.4, 0.5) is 10.6 Å². The lowest BCUT2D eigenvalue weighted by Gasteiger charge is -2.27. The summed E-state index contributed by atoms with van der Waals surface area (Å²) in [6.45, 7) is 7.21. The van der Waals surface area contributed by atoms with E-state index in [1.54, 1.807) is 32.9 Å². The van der Waals surface area contributed by atoms with Gasteiger partial charge in [-0.25, -0.2) is 14.8 Å². The molecule has 0 saturated heterocycles. The molecular weight excluding hydrogens is 354 g/mol. The average Bonchev–Trinajstić information content (AvgIpc) is 2.67. The Morgan fingerprint density at radius 2 is 1.79 bits per heavy atom. The van der Waals surface area contributed by atoms with Crippen LogP contribution >= 0.6 is 0 Å². The summed E-state index contributed by atoms with van der Waals surface area (Å²) in [4.78, 5) is 35.5. The van der Waals surface area contributed by atoms with Crippen molar-refractivity contribution in [2.75, 3.05) is 4.90 Å². The highest BCUT2D eigenvalue weighted by Gasteiger charge is 2.32. The van der Waals surface area contributed by atoms with Crippen LogP contribution in [-0.2, 0) is 4.74 Å². The van der Waals surface area contributed by atoms with Crippen LogP contribution in [0.1, 0.15) is 43.4 Å². The van der Waals surface area contributed by atoms with Gasteiger partial charge in [0.05, 0.1) is 0 Å². The Labute approximate surface area is 164 Å². The van der Waals surface area contributed by atoms with Crippen molar-refractivity contribution in [1.29, 1.82) is 0 Å². The fraction of sp³-hybridized carbons (Fsp3) is 0.273. The van der Waals surface area contributed by atoms with Crippen LogP contribution in [0.2, 0.25) is 0 Å². The van der Waals surface area contributed by atoms with Gasteiger partial charge < -0.3 is 4.74 Å². The van der Waals surface area contributed by atoms with Crippen LogP contribution in [0, 0.1) is 6.92 Å². The summed E-state index contributed by atoms with van der Waals surface area (Å²) in [5.74, 6) is 0.139. The molecule has 3 rings (SSSR count). The van der Waals surface area contributed by atoms with Gasteiger partial charge >= 0.3 is 6.09 Å². The van der Waals surface area contributed by atoms with Crippen LogP contribution in [0.5, 0.6) is 0 Å². The van der Waals surface area contributed by atoms with E-state index in [0.29, 0.717) is 17.8 Å². The Kier molecular flexibility index (Phi) is 5.40. The summed E-state index contributed by atoms with van der Waals surface area (Å²) in [5, 5.41) is 1.92. The molecule has 0 aliphatic heterocycles. The predicted molar refractivity (Wildman–Crippen MR) is 108 cm³/mol. The first kappa shape index (κ1) is 19.5. The molecular formula is C22H23N3O3. The van der Waals surface area contributed by atoms with E-state index in [1.165, 1.54) is 12.3 Å². The minimum atomic E-state index is -0.761. The number of rotatable bonds is 4. The zero-order valence-corrected chi connectivity index (χ0v) is 16.5. The minimum absolute atomic E-state index is 0.183. The fourth-order valence-corrected chi connectivity index (χ4v) is 2.65. The van der Waals surface area contributed by atoms with Crippen molar-refractivity contribution in [2.24, 2.45) is 0 Å². The van der Waals surface area contributed by atoms with Gasteiger partial charge in [-0.15, -0.1) is 0 Å². The maximum atomic E-state index is 13.3. The van der Waals surface area contributed by atoms with E-state index in [9.17, 15) is 9.59 Å². The molecule has 28 heavy (non-hydrogen) atoms. The lowest BCUT2D eigenvalue weighted by Crippen LogP contribution is -2.42. The molecule has 0 aliphatic rings. The number of carbonyl (C=O) groups is 2. The number of ether oxygens (including phenoxy) is 1. The van der Waals surface area contributed by atoms with E-state index in [2.05, 4.69) is 9.97 Å². The van der Waals surface area contributed by atoms with Crippen molar-refractivity contribution in [1.82, 2.24) is 9.97 Å². The topological polar surface area (TPSA) is 72.4 Å². The maximum Gasteiger partial charge on any atom is 0.423 e. The lowest BCUT2D eigenvalue weighted by atomic mass is 10.1. The number of amides is 2. The van der Waals surface area contributed by atoms with Gasteiger partial charge in [0, 0.05) is 17.8 Å². The molecule has 0 saturated carbocycles. The Bertz CT molecular complexity index is 1030. The van der Waals surface area contributed by atoms with E-state index in [-0.39, 0.29) is 5.82 Å². The summed E-state index contributed by atoms with van der Waals surface area (Å²) in [7, 11) is 0. The molecule has 0 N–H and O–H groups in total. The zero-order valence-electron chi connectivity index (χ0n) is 16.5. The van der Waals surface area contributed by atoms with Gasteiger partial charge in [-0.3, -0.25) is 4.79 Å². The van der Waals surface area contributed by atoms with E-state index < -0.39 is 17.6 Å². The van der Waals surface area contributed by atoms with Gasteiger partial charge in [-0.05, 0) is 50.1 Å². The summed E-state index contributed by atoms with van der Waals surface area (Å²) in [6.07, 6.45) is 1.36. The molecule has 0 spiro atoms. The third-order valence-electron chi connectivity index (χ3n) is 4.59. The Morgan fingerprint density at radius 1 is 1.07 bits per heavy atom. The summed E-state index contributed by atoms with van der Waals surface area (Å²) < 4.78 is 5.58. The van der Waals surface area contributed by atoms with Crippen molar-refractivity contribution >= 4 is 28.6 Å². The molecule has 0 atom stereocenters. The molecule has 2 aromatic carbocycles. The first-order valence-corrected chi connectivity index (χ1v) is 9.16. The molecule has 0 bridgehead atoms. The lowest BCUT2D eigenvalue weighted by molar-refractivity contribution is 0.0405. The number of aryl methyl sites for hydroxylation is 1. The second kappa shape index (κ2) is 7.76. The average molecular weight is 377 g/mol. The molecule has 6 heteroatoms. The van der Waals surface area contributed by atoms with E-state index in [0.717, 1.165) is 15.7 Å². The molecule has 1 aromatic heterocycles. The minimum Gasteiger partial charge on any atom is -0.443 e. The largest absolute Gasteiger partial charge is 0.443 e. The van der Waals surface area contributed by atoms with Crippen molar-refractivity contribution in [2.45, 2.75) is 39.7 Å². The van der Waals surface area contributed by atoms with Gasteiger partial charge in [0.15, 0.2) is 0 Å². The number of carbonyl (C=O) groups excluding carboxylic acids is 2. The van der Waals surface area contributed by atoms with Crippen LogP contribution in [-0.4, -0.2) is 27.6 Å². The van der Waals surface area contributed by atoms with Gasteiger partial charge in [0.25, 0.3) is 5.91 Å². The molecule has 6 nitrogen and oxygen atoms in total. The van der Waals surface area contributed by atoms with Crippen LogP contribution in [0.15, 0.2) is 54.7 Å². The van der Waals surface area contributed by atoms with Crippen molar-refractivity contribution in [3.8, 4) is 0 Å².